The highest BCUT2D eigenvalue weighted by atomic mass is 32.2. The van der Waals surface area contributed by atoms with Crippen LogP contribution < -0.4 is 10.6 Å². The number of allylic oxidation sites excluding steroid dienone is 3. The summed E-state index contributed by atoms with van der Waals surface area (Å²) in [5, 5.41) is 9.89. The summed E-state index contributed by atoms with van der Waals surface area (Å²) in [5.74, 6) is -0.616. The van der Waals surface area contributed by atoms with Crippen LogP contribution in [0.15, 0.2) is 60.1 Å². The van der Waals surface area contributed by atoms with E-state index in [0.717, 1.165) is 5.56 Å². The minimum absolute atomic E-state index is 0.0916. The first-order valence-electron chi connectivity index (χ1n) is 10.4. The third kappa shape index (κ3) is 4.87. The second-order valence-corrected chi connectivity index (χ2v) is 9.71. The van der Waals surface area contributed by atoms with Gasteiger partial charge in [0.05, 0.1) is 22.7 Å². The number of fused-ring (bicyclic) bond motifs is 1. The molecule has 2 amide bonds. The average molecular weight is 469 g/mol. The first-order chi connectivity index (χ1) is 15.8. The first-order valence-corrected chi connectivity index (χ1v) is 12.3. The maximum atomic E-state index is 12.6. The lowest BCUT2D eigenvalue weighted by molar-refractivity contribution is 0.0940. The van der Waals surface area contributed by atoms with Gasteiger partial charge in [0, 0.05) is 43.5 Å². The Morgan fingerprint density at radius 2 is 2.03 bits per heavy atom. The fourth-order valence-electron chi connectivity index (χ4n) is 3.54. The average Bonchev–Trinajstić information content (AvgIpc) is 3.44. The van der Waals surface area contributed by atoms with Crippen molar-refractivity contribution in [1.29, 1.82) is 0 Å². The van der Waals surface area contributed by atoms with Crippen LogP contribution in [0.4, 0.5) is 0 Å². The van der Waals surface area contributed by atoms with Crippen molar-refractivity contribution in [3.8, 4) is 0 Å². The lowest BCUT2D eigenvalue weighted by Crippen LogP contribution is -2.23. The molecule has 11 heteroatoms. The number of amides is 2. The van der Waals surface area contributed by atoms with E-state index in [0.29, 0.717) is 29.1 Å². The van der Waals surface area contributed by atoms with E-state index >= 15 is 0 Å². The number of rotatable bonds is 7. The standard InChI is InChI=1S/C22H24N6O4S/c1-3-23-21(29)18-5-4-10-27-14-19(26-20(18)27)22(30)24-11-15-12-25-28(13-15)16-6-8-17(9-7-16)33(2,31)32/h4-6,8-10,12-14,16H,3,7,11H2,1-2H3,(H,23,29)(H,24,30). The van der Waals surface area contributed by atoms with Gasteiger partial charge in [-0.2, -0.15) is 5.10 Å². The number of nitrogens with one attached hydrogen (secondary N) is 2. The molecule has 10 nitrogen and oxygen atoms in total. The van der Waals surface area contributed by atoms with Gasteiger partial charge >= 0.3 is 0 Å². The topological polar surface area (TPSA) is 127 Å². The quantitative estimate of drug-likeness (QED) is 0.543. The third-order valence-electron chi connectivity index (χ3n) is 5.22. The minimum atomic E-state index is -3.22. The summed E-state index contributed by atoms with van der Waals surface area (Å²) in [5.41, 5.74) is 1.80. The van der Waals surface area contributed by atoms with Gasteiger partial charge in [-0.3, -0.25) is 14.3 Å². The summed E-state index contributed by atoms with van der Waals surface area (Å²) in [6.45, 7) is 2.57. The second-order valence-electron chi connectivity index (χ2n) is 7.69. The van der Waals surface area contributed by atoms with E-state index in [1.54, 1.807) is 58.0 Å². The lowest BCUT2D eigenvalue weighted by Gasteiger charge is -2.15. The number of nitrogens with zero attached hydrogens (tertiary/aromatic N) is 4. The highest BCUT2D eigenvalue weighted by molar-refractivity contribution is 7.94. The second kappa shape index (κ2) is 9.02. The number of hydrogen-bond acceptors (Lipinski definition) is 6. The van der Waals surface area contributed by atoms with Crippen LogP contribution in [0.3, 0.4) is 0 Å². The van der Waals surface area contributed by atoms with Crippen LogP contribution >= 0.6 is 0 Å². The summed E-state index contributed by atoms with van der Waals surface area (Å²) >= 11 is 0. The molecule has 3 aromatic rings. The number of pyridine rings is 1. The molecule has 0 saturated carbocycles. The number of carbonyl (C=O) groups excluding carboxylic acids is 2. The van der Waals surface area contributed by atoms with Gasteiger partial charge in [-0.25, -0.2) is 13.4 Å². The summed E-state index contributed by atoms with van der Waals surface area (Å²) in [7, 11) is -3.22. The van der Waals surface area contributed by atoms with E-state index in [2.05, 4.69) is 20.7 Å². The van der Waals surface area contributed by atoms with Crippen LogP contribution in [-0.2, 0) is 16.4 Å². The van der Waals surface area contributed by atoms with Crippen LogP contribution in [-0.4, -0.2) is 52.2 Å². The van der Waals surface area contributed by atoms with Crippen LogP contribution in [0.5, 0.6) is 0 Å². The molecule has 3 aromatic heterocycles. The molecule has 2 N–H and O–H groups in total. The van der Waals surface area contributed by atoms with Crippen molar-refractivity contribution in [2.45, 2.75) is 25.9 Å². The summed E-state index contributed by atoms with van der Waals surface area (Å²) in [4.78, 5) is 29.5. The van der Waals surface area contributed by atoms with E-state index < -0.39 is 9.84 Å². The molecule has 1 aliphatic carbocycles. The van der Waals surface area contributed by atoms with Crippen molar-refractivity contribution >= 4 is 27.3 Å². The molecule has 33 heavy (non-hydrogen) atoms. The fraction of sp³-hybridized carbons (Fsp3) is 0.273. The van der Waals surface area contributed by atoms with Gasteiger partial charge in [-0.1, -0.05) is 12.2 Å². The zero-order valence-electron chi connectivity index (χ0n) is 18.2. The van der Waals surface area contributed by atoms with E-state index in [1.807, 2.05) is 13.1 Å². The van der Waals surface area contributed by atoms with Crippen LogP contribution in [0.1, 0.15) is 45.8 Å². The number of carbonyl (C=O) groups is 2. The van der Waals surface area contributed by atoms with Gasteiger partial charge in [-0.05, 0) is 31.6 Å². The highest BCUT2D eigenvalue weighted by Crippen LogP contribution is 2.23. The molecule has 0 radical (unpaired) electrons. The SMILES string of the molecule is CCNC(=O)c1cccn2cc(C(=O)NCc3cnn(C4C=CC(S(C)(=O)=O)=CC4)c3)nc12. The predicted octanol–water partition coefficient (Wildman–Crippen LogP) is 1.64. The predicted molar refractivity (Wildman–Crippen MR) is 122 cm³/mol. The summed E-state index contributed by atoms with van der Waals surface area (Å²) in [6.07, 6.45) is 13.5. The van der Waals surface area contributed by atoms with E-state index in [4.69, 9.17) is 0 Å². The van der Waals surface area contributed by atoms with Crippen molar-refractivity contribution in [3.63, 3.8) is 0 Å². The molecule has 172 valence electrons. The zero-order chi connectivity index (χ0) is 23.6. The number of hydrogen-bond donors (Lipinski definition) is 2. The summed E-state index contributed by atoms with van der Waals surface area (Å²) in [6, 6.07) is 3.30. The largest absolute Gasteiger partial charge is 0.352 e. The molecule has 1 unspecified atom stereocenters. The van der Waals surface area contributed by atoms with Crippen molar-refractivity contribution in [2.75, 3.05) is 12.8 Å². The smallest absolute Gasteiger partial charge is 0.271 e. The Bertz CT molecular complexity index is 1380. The Morgan fingerprint density at radius 1 is 1.21 bits per heavy atom. The maximum Gasteiger partial charge on any atom is 0.271 e. The normalized spacial score (nSPS) is 15.9. The molecule has 0 aliphatic heterocycles. The Labute approximate surface area is 190 Å². The molecule has 0 fully saturated rings. The minimum Gasteiger partial charge on any atom is -0.352 e. The van der Waals surface area contributed by atoms with Gasteiger partial charge in [0.15, 0.2) is 15.5 Å². The van der Waals surface area contributed by atoms with Crippen molar-refractivity contribution in [3.05, 3.63) is 76.9 Å². The van der Waals surface area contributed by atoms with Gasteiger partial charge in [-0.15, -0.1) is 0 Å². The van der Waals surface area contributed by atoms with Gasteiger partial charge < -0.3 is 15.0 Å². The molecule has 0 bridgehead atoms. The Kier molecular flexibility index (Phi) is 6.14. The number of sulfone groups is 1. The molecule has 1 atom stereocenters. The Balaban J connectivity index is 1.41. The van der Waals surface area contributed by atoms with Crippen LogP contribution in [0.2, 0.25) is 0 Å². The highest BCUT2D eigenvalue weighted by Gasteiger charge is 2.18. The van der Waals surface area contributed by atoms with E-state index in [1.165, 1.54) is 6.26 Å². The van der Waals surface area contributed by atoms with Crippen LogP contribution in [0.25, 0.3) is 5.65 Å². The molecule has 1 aliphatic rings. The monoisotopic (exact) mass is 468 g/mol. The third-order valence-corrected chi connectivity index (χ3v) is 6.38. The van der Waals surface area contributed by atoms with Crippen molar-refractivity contribution in [2.24, 2.45) is 0 Å². The molecule has 0 saturated heterocycles. The fourth-order valence-corrected chi connectivity index (χ4v) is 4.26. The zero-order valence-corrected chi connectivity index (χ0v) is 19.0. The van der Waals surface area contributed by atoms with Crippen molar-refractivity contribution < 1.29 is 18.0 Å². The van der Waals surface area contributed by atoms with E-state index in [9.17, 15) is 18.0 Å². The van der Waals surface area contributed by atoms with Gasteiger partial charge in [0.25, 0.3) is 11.8 Å². The van der Waals surface area contributed by atoms with E-state index in [-0.39, 0.29) is 30.1 Å². The van der Waals surface area contributed by atoms with Gasteiger partial charge in [0.1, 0.15) is 5.69 Å². The molecule has 0 spiro atoms. The first kappa shape index (κ1) is 22.5. The number of imidazole rings is 1. The molecular weight excluding hydrogens is 444 g/mol. The van der Waals surface area contributed by atoms with Crippen LogP contribution in [0, 0.1) is 0 Å². The Morgan fingerprint density at radius 3 is 2.73 bits per heavy atom. The molecule has 4 rings (SSSR count). The van der Waals surface area contributed by atoms with Gasteiger partial charge in [0.2, 0.25) is 0 Å². The molecule has 3 heterocycles. The Hall–Kier alpha value is -3.73. The molecule has 0 aromatic carbocycles. The number of aromatic nitrogens is 4. The lowest BCUT2D eigenvalue weighted by atomic mass is 10.1. The van der Waals surface area contributed by atoms with Crippen molar-refractivity contribution in [1.82, 2.24) is 29.8 Å². The molecular formula is C22H24N6O4S. The summed E-state index contributed by atoms with van der Waals surface area (Å²) < 4.78 is 26.6. The maximum absolute atomic E-state index is 12.6.